The van der Waals surface area contributed by atoms with Gasteiger partial charge < -0.3 is 0 Å². The minimum absolute atomic E-state index is 0.343. The van der Waals surface area contributed by atoms with Gasteiger partial charge in [0, 0.05) is 25.9 Å². The summed E-state index contributed by atoms with van der Waals surface area (Å²) >= 11 is 7.70. The van der Waals surface area contributed by atoms with E-state index >= 15 is 0 Å². The molecule has 0 unspecified atom stereocenters. The Morgan fingerprint density at radius 2 is 1.12 bits per heavy atom. The predicted molar refractivity (Wildman–Crippen MR) is 160 cm³/mol. The summed E-state index contributed by atoms with van der Waals surface area (Å²) in [5, 5.41) is 3.80. The Morgan fingerprint density at radius 1 is 0.676 bits per heavy atom. The van der Waals surface area contributed by atoms with E-state index in [4.69, 9.17) is 4.74 Å². The van der Waals surface area contributed by atoms with Gasteiger partial charge in [0.15, 0.2) is 0 Å². The topological polar surface area (TPSA) is 12.4 Å². The summed E-state index contributed by atoms with van der Waals surface area (Å²) in [4.78, 5) is 0. The van der Waals surface area contributed by atoms with Gasteiger partial charge in [-0.2, -0.15) is 0 Å². The highest BCUT2D eigenvalue weighted by molar-refractivity contribution is 9.10. The fourth-order valence-electron chi connectivity index (χ4n) is 4.05. The number of halogens is 1. The standard InChI is InChI=1S/C29H29BrNPS2/c1-3-33-29(34-4-2)27-22-23(30)20-21-28(27)31-32(24-14-8-5-9-15-24,25-16-10-6-11-17-25)26-18-12-7-13-19-26/h5-22,29H,3-4H2,1-2H3. The Bertz CT molecular complexity index is 1140. The van der Waals surface area contributed by atoms with Crippen LogP contribution < -0.4 is 15.9 Å². The summed E-state index contributed by atoms with van der Waals surface area (Å²) in [5.41, 5.74) is 2.38. The molecule has 0 spiro atoms. The van der Waals surface area contributed by atoms with Crippen LogP contribution in [-0.4, -0.2) is 11.5 Å². The zero-order chi connectivity index (χ0) is 23.8. The third-order valence-electron chi connectivity index (χ3n) is 5.53. The molecule has 4 aromatic rings. The minimum Gasteiger partial charge on any atom is -0.254 e. The van der Waals surface area contributed by atoms with Crippen molar-refractivity contribution in [2.45, 2.75) is 18.4 Å². The largest absolute Gasteiger partial charge is 0.254 e. The van der Waals surface area contributed by atoms with E-state index in [1.54, 1.807) is 0 Å². The lowest BCUT2D eigenvalue weighted by molar-refractivity contribution is 1.31. The highest BCUT2D eigenvalue weighted by Crippen LogP contribution is 2.52. The SMILES string of the molecule is CCSC(SCC)c1cc(Br)ccc1N=P(c1ccccc1)(c1ccccc1)c1ccccc1. The van der Waals surface area contributed by atoms with Crippen molar-refractivity contribution in [3.8, 4) is 0 Å². The molecule has 5 heteroatoms. The van der Waals surface area contributed by atoms with Crippen molar-refractivity contribution in [1.29, 1.82) is 0 Å². The maximum Gasteiger partial charge on any atom is 0.0772 e. The van der Waals surface area contributed by atoms with Gasteiger partial charge in [-0.1, -0.05) is 121 Å². The Balaban J connectivity index is 2.10. The van der Waals surface area contributed by atoms with Gasteiger partial charge in [-0.05, 0) is 29.7 Å². The lowest BCUT2D eigenvalue weighted by Crippen LogP contribution is -2.25. The van der Waals surface area contributed by atoms with E-state index in [-0.39, 0.29) is 0 Å². The van der Waals surface area contributed by atoms with Gasteiger partial charge in [0.05, 0.1) is 17.3 Å². The van der Waals surface area contributed by atoms with Crippen LogP contribution >= 0.6 is 46.5 Å². The second-order valence-corrected chi connectivity index (χ2v) is 14.7. The molecular weight excluding hydrogens is 537 g/mol. The molecule has 0 aromatic heterocycles. The maximum atomic E-state index is 5.79. The summed E-state index contributed by atoms with van der Waals surface area (Å²) in [6.07, 6.45) is 0. The average molecular weight is 567 g/mol. The molecule has 34 heavy (non-hydrogen) atoms. The van der Waals surface area contributed by atoms with E-state index in [2.05, 4.69) is 139 Å². The number of nitrogens with zero attached hydrogens (tertiary/aromatic N) is 1. The maximum absolute atomic E-state index is 5.79. The Labute approximate surface area is 221 Å². The third kappa shape index (κ3) is 5.57. The third-order valence-corrected chi connectivity index (χ3v) is 12.3. The van der Waals surface area contributed by atoms with E-state index in [0.29, 0.717) is 4.58 Å². The Morgan fingerprint density at radius 3 is 1.53 bits per heavy atom. The second-order valence-electron chi connectivity index (χ2n) is 7.69. The van der Waals surface area contributed by atoms with E-state index in [1.165, 1.54) is 21.5 Å². The van der Waals surface area contributed by atoms with Gasteiger partial charge >= 0.3 is 0 Å². The highest BCUT2D eigenvalue weighted by Gasteiger charge is 2.28. The quantitative estimate of drug-likeness (QED) is 0.148. The second kappa shape index (κ2) is 12.3. The summed E-state index contributed by atoms with van der Waals surface area (Å²) in [7, 11) is -2.30. The van der Waals surface area contributed by atoms with Gasteiger partial charge in [-0.15, -0.1) is 23.5 Å². The van der Waals surface area contributed by atoms with Crippen LogP contribution in [0.3, 0.4) is 0 Å². The van der Waals surface area contributed by atoms with Crippen molar-refractivity contribution in [3.05, 3.63) is 119 Å². The monoisotopic (exact) mass is 565 g/mol. The van der Waals surface area contributed by atoms with Crippen molar-refractivity contribution in [2.24, 2.45) is 4.74 Å². The Hall–Kier alpha value is -1.71. The molecule has 0 amide bonds. The van der Waals surface area contributed by atoms with Gasteiger partial charge in [0.25, 0.3) is 0 Å². The van der Waals surface area contributed by atoms with Crippen LogP contribution in [0.5, 0.6) is 0 Å². The van der Waals surface area contributed by atoms with Gasteiger partial charge in [0.2, 0.25) is 0 Å². The smallest absolute Gasteiger partial charge is 0.0772 e. The van der Waals surface area contributed by atoms with Crippen LogP contribution in [0, 0.1) is 0 Å². The molecule has 0 heterocycles. The van der Waals surface area contributed by atoms with Crippen LogP contribution in [0.15, 0.2) is 118 Å². The van der Waals surface area contributed by atoms with E-state index in [1.807, 2.05) is 23.5 Å². The zero-order valence-corrected chi connectivity index (χ0v) is 23.6. The van der Waals surface area contributed by atoms with E-state index < -0.39 is 7.05 Å². The van der Waals surface area contributed by atoms with Crippen molar-refractivity contribution < 1.29 is 0 Å². The van der Waals surface area contributed by atoms with Gasteiger partial charge in [-0.25, -0.2) is 0 Å². The molecule has 4 aromatic carbocycles. The molecular formula is C29H29BrNPS2. The molecule has 0 aliphatic carbocycles. The van der Waals surface area contributed by atoms with Crippen LogP contribution in [0.25, 0.3) is 0 Å². The van der Waals surface area contributed by atoms with Crippen molar-refractivity contribution in [3.63, 3.8) is 0 Å². The first kappa shape index (κ1) is 25.4. The number of thioether (sulfide) groups is 2. The van der Waals surface area contributed by atoms with Crippen molar-refractivity contribution >= 4 is 68.1 Å². The number of hydrogen-bond donors (Lipinski definition) is 0. The normalized spacial score (nSPS) is 11.5. The lowest BCUT2D eigenvalue weighted by atomic mass is 10.2. The molecule has 0 radical (unpaired) electrons. The summed E-state index contributed by atoms with van der Waals surface area (Å²) in [6.45, 7) is 4.47. The molecule has 0 bridgehead atoms. The summed E-state index contributed by atoms with van der Waals surface area (Å²) in [5.74, 6) is 2.14. The molecule has 0 saturated heterocycles. The average Bonchev–Trinajstić information content (AvgIpc) is 2.89. The van der Waals surface area contributed by atoms with Crippen molar-refractivity contribution in [2.75, 3.05) is 11.5 Å². The molecule has 0 aliphatic heterocycles. The fourth-order valence-corrected chi connectivity index (χ4v) is 10.5. The molecule has 1 nitrogen and oxygen atoms in total. The number of rotatable bonds is 9. The molecule has 0 saturated carbocycles. The molecule has 4 rings (SSSR count). The first-order valence-electron chi connectivity index (χ1n) is 11.5. The first-order chi connectivity index (χ1) is 16.7. The number of hydrogen-bond acceptors (Lipinski definition) is 3. The molecule has 0 aliphatic rings. The molecule has 0 fully saturated rings. The predicted octanol–water partition coefficient (Wildman–Crippen LogP) is 8.76. The first-order valence-corrected chi connectivity index (χ1v) is 16.1. The number of benzene rings is 4. The van der Waals surface area contributed by atoms with Gasteiger partial charge in [-0.3, -0.25) is 4.74 Å². The van der Waals surface area contributed by atoms with E-state index in [9.17, 15) is 0 Å². The van der Waals surface area contributed by atoms with Crippen LogP contribution in [0.2, 0.25) is 0 Å². The molecule has 174 valence electrons. The molecule has 0 N–H and O–H groups in total. The molecule has 0 atom stereocenters. The lowest BCUT2D eigenvalue weighted by Gasteiger charge is -2.28. The highest BCUT2D eigenvalue weighted by atomic mass is 79.9. The van der Waals surface area contributed by atoms with Crippen LogP contribution in [0.1, 0.15) is 24.0 Å². The van der Waals surface area contributed by atoms with E-state index in [0.717, 1.165) is 21.7 Å². The fraction of sp³-hybridized carbons (Fsp3) is 0.172. The summed E-state index contributed by atoms with van der Waals surface area (Å²) < 4.78 is 7.23. The van der Waals surface area contributed by atoms with Crippen molar-refractivity contribution in [1.82, 2.24) is 0 Å². The van der Waals surface area contributed by atoms with Crippen LogP contribution in [-0.2, 0) is 0 Å². The van der Waals surface area contributed by atoms with Gasteiger partial charge in [0.1, 0.15) is 0 Å². The summed E-state index contributed by atoms with van der Waals surface area (Å²) in [6, 6.07) is 39.1. The Kier molecular flexibility index (Phi) is 9.19. The zero-order valence-electron chi connectivity index (χ0n) is 19.5. The van der Waals surface area contributed by atoms with Crippen LogP contribution in [0.4, 0.5) is 5.69 Å². The minimum atomic E-state index is -2.30.